The Kier molecular flexibility index (Phi) is 5.73. The van der Waals surface area contributed by atoms with Crippen LogP contribution in [0.1, 0.15) is 63.9 Å². The van der Waals surface area contributed by atoms with Gasteiger partial charge >= 0.3 is 6.09 Å². The van der Waals surface area contributed by atoms with Gasteiger partial charge in [-0.05, 0) is 45.7 Å². The summed E-state index contributed by atoms with van der Waals surface area (Å²) in [6, 6.07) is 4.95. The van der Waals surface area contributed by atoms with Gasteiger partial charge in [-0.1, -0.05) is 6.07 Å². The molecule has 34 heavy (non-hydrogen) atoms. The molecule has 0 bridgehead atoms. The quantitative estimate of drug-likeness (QED) is 0.622. The first-order chi connectivity index (χ1) is 16.2. The summed E-state index contributed by atoms with van der Waals surface area (Å²) >= 11 is 0. The summed E-state index contributed by atoms with van der Waals surface area (Å²) in [6.07, 6.45) is 2.30. The molecular weight excluding hydrogens is 457 g/mol. The number of para-hydroxylation sites is 1. The number of halogens is 1. The standard InChI is InChI=1S/C25H32FN3O4S/c1-5-32-23(30)29-12-10-25(11-13-29)21-19(17-7-6-8-18(26)20(17)33-25)27-22(28(21)4)16-9-14-34(31)24(2,3)15-16/h6-8,16H,5,9-15H2,1-4H3/t16-,34+/m1/s1. The van der Waals surface area contributed by atoms with Gasteiger partial charge in [0.2, 0.25) is 0 Å². The van der Waals surface area contributed by atoms with Crippen molar-refractivity contribution in [1.29, 1.82) is 0 Å². The summed E-state index contributed by atoms with van der Waals surface area (Å²) in [5.74, 6) is 1.57. The van der Waals surface area contributed by atoms with Gasteiger partial charge < -0.3 is 18.9 Å². The summed E-state index contributed by atoms with van der Waals surface area (Å²) in [7, 11) is 1.14. The molecule has 4 heterocycles. The van der Waals surface area contributed by atoms with Crippen LogP contribution in [0.25, 0.3) is 11.3 Å². The number of benzene rings is 1. The Morgan fingerprint density at radius 1 is 1.32 bits per heavy atom. The average molecular weight is 490 g/mol. The number of fused-ring (bicyclic) bond motifs is 4. The maximum absolute atomic E-state index is 14.9. The van der Waals surface area contributed by atoms with Crippen LogP contribution in [0, 0.1) is 5.82 Å². The van der Waals surface area contributed by atoms with Crippen LogP contribution in [0.4, 0.5) is 9.18 Å². The van der Waals surface area contributed by atoms with E-state index in [0.29, 0.717) is 43.9 Å². The normalized spacial score (nSPS) is 24.8. The smallest absolute Gasteiger partial charge is 0.409 e. The van der Waals surface area contributed by atoms with E-state index >= 15 is 0 Å². The lowest BCUT2D eigenvalue weighted by atomic mass is 9.83. The Morgan fingerprint density at radius 2 is 2.06 bits per heavy atom. The summed E-state index contributed by atoms with van der Waals surface area (Å²) in [5.41, 5.74) is 1.58. The maximum atomic E-state index is 14.9. The number of piperidine rings is 1. The van der Waals surface area contributed by atoms with Crippen molar-refractivity contribution in [3.05, 3.63) is 35.5 Å². The zero-order valence-electron chi connectivity index (χ0n) is 20.2. The van der Waals surface area contributed by atoms with Crippen molar-refractivity contribution in [2.24, 2.45) is 7.05 Å². The fourth-order valence-electron chi connectivity index (χ4n) is 5.77. The van der Waals surface area contributed by atoms with Crippen molar-refractivity contribution in [2.75, 3.05) is 25.4 Å². The van der Waals surface area contributed by atoms with Crippen LogP contribution in [0.3, 0.4) is 0 Å². The van der Waals surface area contributed by atoms with Crippen LogP contribution in [0.2, 0.25) is 0 Å². The molecular formula is C25H32FN3O4S. The molecule has 0 unspecified atom stereocenters. The lowest BCUT2D eigenvalue weighted by Gasteiger charge is -2.44. The van der Waals surface area contributed by atoms with Crippen LogP contribution in [0.15, 0.2) is 18.2 Å². The highest BCUT2D eigenvalue weighted by atomic mass is 32.2. The molecule has 0 aliphatic carbocycles. The first-order valence-corrected chi connectivity index (χ1v) is 13.3. The lowest BCUT2D eigenvalue weighted by Crippen LogP contribution is -2.50. The first kappa shape index (κ1) is 23.3. The molecule has 2 aromatic rings. The fourth-order valence-corrected chi connectivity index (χ4v) is 7.21. The third-order valence-corrected chi connectivity index (χ3v) is 9.55. The van der Waals surface area contributed by atoms with Crippen LogP contribution >= 0.6 is 0 Å². The molecule has 0 N–H and O–H groups in total. The van der Waals surface area contributed by atoms with Gasteiger partial charge in [0.15, 0.2) is 17.2 Å². The Morgan fingerprint density at radius 3 is 2.74 bits per heavy atom. The number of hydrogen-bond acceptors (Lipinski definition) is 5. The van der Waals surface area contributed by atoms with Crippen molar-refractivity contribution in [3.63, 3.8) is 0 Å². The van der Waals surface area contributed by atoms with E-state index in [1.54, 1.807) is 17.9 Å². The van der Waals surface area contributed by atoms with Crippen LogP contribution in [0.5, 0.6) is 5.75 Å². The van der Waals surface area contributed by atoms with Gasteiger partial charge in [-0.25, -0.2) is 14.2 Å². The highest BCUT2D eigenvalue weighted by molar-refractivity contribution is 7.86. The first-order valence-electron chi connectivity index (χ1n) is 12.0. The molecule has 0 radical (unpaired) electrons. The molecule has 3 aliphatic heterocycles. The number of imidazole rings is 1. The van der Waals surface area contributed by atoms with Gasteiger partial charge in [0, 0.05) is 65.8 Å². The molecule has 0 saturated carbocycles. The van der Waals surface area contributed by atoms with Crippen molar-refractivity contribution < 1.29 is 22.9 Å². The second-order valence-corrected chi connectivity index (χ2v) is 12.3. The third kappa shape index (κ3) is 3.63. The summed E-state index contributed by atoms with van der Waals surface area (Å²) < 4.78 is 41.0. The number of likely N-dealkylation sites (tertiary alicyclic amines) is 1. The molecule has 1 spiro atoms. The zero-order valence-corrected chi connectivity index (χ0v) is 21.0. The van der Waals surface area contributed by atoms with E-state index < -0.39 is 22.2 Å². The number of nitrogens with zero attached hydrogens (tertiary/aromatic N) is 3. The molecule has 2 saturated heterocycles. The van der Waals surface area contributed by atoms with Crippen LogP contribution in [-0.4, -0.2) is 54.9 Å². The van der Waals surface area contributed by atoms with Crippen LogP contribution < -0.4 is 4.74 Å². The molecule has 9 heteroatoms. The van der Waals surface area contributed by atoms with Crippen molar-refractivity contribution in [3.8, 4) is 17.0 Å². The van der Waals surface area contributed by atoms with E-state index in [2.05, 4.69) is 18.4 Å². The number of ether oxygens (including phenoxy) is 2. The molecule has 184 valence electrons. The van der Waals surface area contributed by atoms with Gasteiger partial charge in [-0.2, -0.15) is 0 Å². The minimum absolute atomic E-state index is 0.164. The van der Waals surface area contributed by atoms with Gasteiger partial charge in [0.25, 0.3) is 0 Å². The Bertz CT molecular complexity index is 1150. The largest absolute Gasteiger partial charge is 0.477 e. The molecule has 1 aromatic heterocycles. The minimum Gasteiger partial charge on any atom is -0.477 e. The maximum Gasteiger partial charge on any atom is 0.409 e. The van der Waals surface area contributed by atoms with Crippen LogP contribution in [-0.2, 0) is 28.2 Å². The lowest BCUT2D eigenvalue weighted by molar-refractivity contribution is -0.0127. The Balaban J connectivity index is 1.57. The van der Waals surface area contributed by atoms with E-state index in [-0.39, 0.29) is 22.5 Å². The second-order valence-electron chi connectivity index (χ2n) is 10.1. The van der Waals surface area contributed by atoms with E-state index in [1.807, 2.05) is 13.1 Å². The van der Waals surface area contributed by atoms with E-state index in [1.165, 1.54) is 6.07 Å². The summed E-state index contributed by atoms with van der Waals surface area (Å²) in [5, 5.41) is 0. The number of hydrogen-bond donors (Lipinski definition) is 0. The van der Waals surface area contributed by atoms with Crippen molar-refractivity contribution in [1.82, 2.24) is 14.5 Å². The molecule has 1 aromatic carbocycles. The van der Waals surface area contributed by atoms with E-state index in [0.717, 1.165) is 30.1 Å². The monoisotopic (exact) mass is 489 g/mol. The number of aromatic nitrogens is 2. The molecule has 2 atom stereocenters. The highest BCUT2D eigenvalue weighted by Gasteiger charge is 2.49. The summed E-state index contributed by atoms with van der Waals surface area (Å²) in [6.45, 7) is 7.14. The van der Waals surface area contributed by atoms with Crippen molar-refractivity contribution in [2.45, 2.75) is 62.7 Å². The molecule has 3 aliphatic rings. The highest BCUT2D eigenvalue weighted by Crippen LogP contribution is 2.51. The molecule has 2 fully saturated rings. The predicted octanol–water partition coefficient (Wildman–Crippen LogP) is 4.47. The van der Waals surface area contributed by atoms with Gasteiger partial charge in [-0.15, -0.1) is 0 Å². The third-order valence-electron chi connectivity index (χ3n) is 7.55. The van der Waals surface area contributed by atoms with E-state index in [4.69, 9.17) is 14.5 Å². The van der Waals surface area contributed by atoms with Gasteiger partial charge in [0.1, 0.15) is 5.82 Å². The van der Waals surface area contributed by atoms with E-state index in [9.17, 15) is 13.4 Å². The number of carbonyl (C=O) groups excluding carboxylic acids is 1. The topological polar surface area (TPSA) is 73.7 Å². The van der Waals surface area contributed by atoms with Gasteiger partial charge in [0.05, 0.1) is 18.0 Å². The SMILES string of the molecule is CCOC(=O)N1CCC2(CC1)Oc1c(F)cccc1-c1nc([C@@H]3CC[S@](=O)C(C)(C)C3)n(C)c12. The average Bonchev–Trinajstić information content (AvgIpc) is 3.16. The second kappa shape index (κ2) is 8.36. The number of carbonyl (C=O) groups is 1. The molecule has 7 nitrogen and oxygen atoms in total. The predicted molar refractivity (Wildman–Crippen MR) is 128 cm³/mol. The fraction of sp³-hybridized carbons (Fsp3) is 0.600. The zero-order chi connectivity index (χ0) is 24.3. The Labute approximate surface area is 202 Å². The van der Waals surface area contributed by atoms with Crippen molar-refractivity contribution >= 4 is 16.9 Å². The number of amides is 1. The molecule has 1 amide bonds. The van der Waals surface area contributed by atoms with Gasteiger partial charge in [-0.3, -0.25) is 4.21 Å². The summed E-state index contributed by atoms with van der Waals surface area (Å²) in [4.78, 5) is 19.1. The Hall–Kier alpha value is -2.42. The molecule has 5 rings (SSSR count). The minimum atomic E-state index is -0.863. The number of rotatable bonds is 2.